The first-order valence-corrected chi connectivity index (χ1v) is 9.04. The molecule has 5 heteroatoms. The summed E-state index contributed by atoms with van der Waals surface area (Å²) in [6.45, 7) is 11.8. The second-order valence-corrected chi connectivity index (χ2v) is 7.87. The van der Waals surface area contributed by atoms with Gasteiger partial charge in [-0.3, -0.25) is 9.59 Å². The van der Waals surface area contributed by atoms with Gasteiger partial charge in [0.25, 0.3) is 0 Å². The van der Waals surface area contributed by atoms with Gasteiger partial charge in [-0.15, -0.1) is 0 Å². The third kappa shape index (κ3) is 5.05. The van der Waals surface area contributed by atoms with E-state index in [1.165, 1.54) is 0 Å². The van der Waals surface area contributed by atoms with Crippen molar-refractivity contribution in [3.8, 4) is 0 Å². The first kappa shape index (κ1) is 19.4. The van der Waals surface area contributed by atoms with E-state index in [0.717, 1.165) is 37.4 Å². The predicted molar refractivity (Wildman–Crippen MR) is 102 cm³/mol. The molecule has 25 heavy (non-hydrogen) atoms. The molecule has 0 atom stereocenters. The monoisotopic (exact) mass is 345 g/mol. The van der Waals surface area contributed by atoms with Crippen LogP contribution in [0.15, 0.2) is 24.3 Å². The van der Waals surface area contributed by atoms with E-state index < -0.39 is 0 Å². The Morgan fingerprint density at radius 1 is 1.08 bits per heavy atom. The Bertz CT molecular complexity index is 614. The fraction of sp³-hybridized carbons (Fsp3) is 0.600. The normalized spacial score (nSPS) is 16.0. The molecule has 1 aromatic rings. The van der Waals surface area contributed by atoms with Crippen LogP contribution in [0, 0.1) is 0 Å². The van der Waals surface area contributed by atoms with Crippen molar-refractivity contribution in [2.75, 3.05) is 44.7 Å². The number of amides is 2. The Kier molecular flexibility index (Phi) is 6.22. The van der Waals surface area contributed by atoms with Gasteiger partial charge in [0.15, 0.2) is 0 Å². The summed E-state index contributed by atoms with van der Waals surface area (Å²) in [5.74, 6) is 0.107. The highest BCUT2D eigenvalue weighted by Crippen LogP contribution is 2.32. The Balaban J connectivity index is 2.10. The quantitative estimate of drug-likeness (QED) is 0.842. The van der Waals surface area contributed by atoms with Crippen LogP contribution in [0.2, 0.25) is 0 Å². The molecule has 0 saturated carbocycles. The zero-order chi connectivity index (χ0) is 18.6. The standard InChI is InChI=1S/C20H31N3O2/c1-16(24)23(18-9-7-6-8-17(18)20(2,3)4)11-10-19(25)22-14-12-21(5)13-15-22/h6-9H,10-15H2,1-5H3. The lowest BCUT2D eigenvalue weighted by Crippen LogP contribution is -2.48. The van der Waals surface area contributed by atoms with E-state index >= 15 is 0 Å². The zero-order valence-corrected chi connectivity index (χ0v) is 16.2. The summed E-state index contributed by atoms with van der Waals surface area (Å²) in [5.41, 5.74) is 1.97. The van der Waals surface area contributed by atoms with E-state index in [0.29, 0.717) is 13.0 Å². The molecule has 2 rings (SSSR count). The molecule has 0 aromatic heterocycles. The van der Waals surface area contributed by atoms with E-state index in [-0.39, 0.29) is 17.2 Å². The van der Waals surface area contributed by atoms with Crippen LogP contribution in [0.25, 0.3) is 0 Å². The maximum atomic E-state index is 12.5. The van der Waals surface area contributed by atoms with Gasteiger partial charge in [0.1, 0.15) is 0 Å². The second kappa shape index (κ2) is 8.00. The molecule has 1 saturated heterocycles. The number of piperazine rings is 1. The van der Waals surface area contributed by atoms with Gasteiger partial charge in [-0.05, 0) is 24.1 Å². The van der Waals surface area contributed by atoms with Crippen LogP contribution >= 0.6 is 0 Å². The highest BCUT2D eigenvalue weighted by atomic mass is 16.2. The maximum Gasteiger partial charge on any atom is 0.224 e. The molecular weight excluding hydrogens is 314 g/mol. The van der Waals surface area contributed by atoms with E-state index in [9.17, 15) is 9.59 Å². The number of hydrogen-bond donors (Lipinski definition) is 0. The Labute approximate surface area is 151 Å². The molecule has 1 aliphatic rings. The first-order valence-electron chi connectivity index (χ1n) is 9.04. The van der Waals surface area contributed by atoms with E-state index in [1.807, 2.05) is 23.1 Å². The van der Waals surface area contributed by atoms with Gasteiger partial charge in [-0.25, -0.2) is 0 Å². The third-order valence-corrected chi connectivity index (χ3v) is 4.79. The molecular formula is C20H31N3O2. The van der Waals surface area contributed by atoms with Crippen LogP contribution in [0.5, 0.6) is 0 Å². The minimum absolute atomic E-state index is 0.0251. The summed E-state index contributed by atoms with van der Waals surface area (Å²) in [4.78, 5) is 30.6. The van der Waals surface area contributed by atoms with E-state index in [4.69, 9.17) is 0 Å². The number of anilines is 1. The van der Waals surface area contributed by atoms with Gasteiger partial charge in [0, 0.05) is 51.8 Å². The van der Waals surface area contributed by atoms with Gasteiger partial charge >= 0.3 is 0 Å². The van der Waals surface area contributed by atoms with Crippen molar-refractivity contribution < 1.29 is 9.59 Å². The number of hydrogen-bond acceptors (Lipinski definition) is 3. The van der Waals surface area contributed by atoms with Gasteiger partial charge in [0.2, 0.25) is 11.8 Å². The van der Waals surface area contributed by atoms with Crippen molar-refractivity contribution in [3.05, 3.63) is 29.8 Å². The van der Waals surface area contributed by atoms with Crippen LogP contribution in [0.4, 0.5) is 5.69 Å². The molecule has 0 radical (unpaired) electrons. The molecule has 1 aromatic carbocycles. The van der Waals surface area contributed by atoms with Crippen LogP contribution in [-0.4, -0.2) is 61.4 Å². The van der Waals surface area contributed by atoms with Crippen molar-refractivity contribution >= 4 is 17.5 Å². The van der Waals surface area contributed by atoms with Crippen molar-refractivity contribution in [3.63, 3.8) is 0 Å². The van der Waals surface area contributed by atoms with Crippen LogP contribution in [-0.2, 0) is 15.0 Å². The zero-order valence-electron chi connectivity index (χ0n) is 16.2. The fourth-order valence-electron chi connectivity index (χ4n) is 3.21. The summed E-state index contributed by atoms with van der Waals surface area (Å²) < 4.78 is 0. The molecule has 1 heterocycles. The molecule has 2 amide bonds. The minimum atomic E-state index is -0.0637. The molecule has 0 aliphatic carbocycles. The topological polar surface area (TPSA) is 43.9 Å². The number of likely N-dealkylation sites (N-methyl/N-ethyl adjacent to an activating group) is 1. The van der Waals surface area contributed by atoms with Crippen LogP contribution < -0.4 is 4.90 Å². The number of nitrogens with zero attached hydrogens (tertiary/aromatic N) is 3. The molecule has 0 bridgehead atoms. The van der Waals surface area contributed by atoms with Crippen molar-refractivity contribution in [1.29, 1.82) is 0 Å². The lowest BCUT2D eigenvalue weighted by Gasteiger charge is -2.33. The molecule has 138 valence electrons. The summed E-state index contributed by atoms with van der Waals surface area (Å²) in [5, 5.41) is 0. The molecule has 5 nitrogen and oxygen atoms in total. The van der Waals surface area contributed by atoms with E-state index in [2.05, 4.69) is 38.8 Å². The third-order valence-electron chi connectivity index (χ3n) is 4.79. The lowest BCUT2D eigenvalue weighted by molar-refractivity contribution is -0.132. The Hall–Kier alpha value is -1.88. The Morgan fingerprint density at radius 2 is 1.68 bits per heavy atom. The van der Waals surface area contributed by atoms with Gasteiger partial charge in [0.05, 0.1) is 0 Å². The minimum Gasteiger partial charge on any atom is -0.340 e. The van der Waals surface area contributed by atoms with Crippen molar-refractivity contribution in [2.24, 2.45) is 0 Å². The van der Waals surface area contributed by atoms with Gasteiger partial charge in [-0.2, -0.15) is 0 Å². The van der Waals surface area contributed by atoms with Crippen molar-refractivity contribution in [2.45, 2.75) is 39.5 Å². The van der Waals surface area contributed by atoms with Gasteiger partial charge in [-0.1, -0.05) is 39.0 Å². The van der Waals surface area contributed by atoms with Gasteiger partial charge < -0.3 is 14.7 Å². The Morgan fingerprint density at radius 3 is 2.24 bits per heavy atom. The first-order chi connectivity index (χ1) is 11.7. The number of rotatable bonds is 4. The van der Waals surface area contributed by atoms with Crippen LogP contribution in [0.3, 0.4) is 0 Å². The highest BCUT2D eigenvalue weighted by molar-refractivity contribution is 5.93. The highest BCUT2D eigenvalue weighted by Gasteiger charge is 2.24. The summed E-state index contributed by atoms with van der Waals surface area (Å²) in [6.07, 6.45) is 0.363. The number of benzene rings is 1. The average molecular weight is 345 g/mol. The molecule has 1 aliphatic heterocycles. The number of carbonyl (C=O) groups excluding carboxylic acids is 2. The fourth-order valence-corrected chi connectivity index (χ4v) is 3.21. The second-order valence-electron chi connectivity index (χ2n) is 7.87. The maximum absolute atomic E-state index is 12.5. The average Bonchev–Trinajstić information content (AvgIpc) is 2.54. The van der Waals surface area contributed by atoms with Crippen LogP contribution in [0.1, 0.15) is 39.7 Å². The molecule has 0 unspecified atom stereocenters. The summed E-state index contributed by atoms with van der Waals surface area (Å²) in [6, 6.07) is 7.98. The predicted octanol–water partition coefficient (Wildman–Crippen LogP) is 2.50. The molecule has 1 fully saturated rings. The van der Waals surface area contributed by atoms with E-state index in [1.54, 1.807) is 11.8 Å². The number of carbonyl (C=O) groups is 2. The molecule has 0 N–H and O–H groups in total. The largest absolute Gasteiger partial charge is 0.340 e. The number of para-hydroxylation sites is 1. The van der Waals surface area contributed by atoms with Crippen molar-refractivity contribution in [1.82, 2.24) is 9.80 Å². The summed E-state index contributed by atoms with van der Waals surface area (Å²) in [7, 11) is 2.07. The SMILES string of the molecule is CC(=O)N(CCC(=O)N1CCN(C)CC1)c1ccccc1C(C)(C)C. The molecule has 0 spiro atoms. The lowest BCUT2D eigenvalue weighted by atomic mass is 9.85. The summed E-state index contributed by atoms with van der Waals surface area (Å²) >= 11 is 0. The smallest absolute Gasteiger partial charge is 0.224 e.